The van der Waals surface area contributed by atoms with Crippen molar-refractivity contribution in [3.05, 3.63) is 70.3 Å². The lowest BCUT2D eigenvalue weighted by molar-refractivity contribution is -0.122. The second kappa shape index (κ2) is 5.85. The summed E-state index contributed by atoms with van der Waals surface area (Å²) >= 11 is 3.55. The van der Waals surface area contributed by atoms with Crippen molar-refractivity contribution >= 4 is 32.7 Å². The first-order chi connectivity index (χ1) is 11.2. The number of aromatic nitrogens is 1. The third-order valence-corrected chi connectivity index (χ3v) is 5.18. The molecule has 1 aliphatic carbocycles. The monoisotopic (exact) mass is 368 g/mol. The number of halogens is 1. The van der Waals surface area contributed by atoms with E-state index >= 15 is 0 Å². The van der Waals surface area contributed by atoms with Gasteiger partial charge >= 0.3 is 0 Å². The van der Waals surface area contributed by atoms with Gasteiger partial charge in [0.1, 0.15) is 6.54 Å². The Morgan fingerprint density at radius 2 is 1.83 bits per heavy atom. The first-order valence-electron chi connectivity index (χ1n) is 7.80. The zero-order valence-electron chi connectivity index (χ0n) is 12.6. The molecule has 3 aromatic rings. The Hall–Kier alpha value is -2.07. The lowest BCUT2D eigenvalue weighted by atomic mass is 10.1. The topological polar surface area (TPSA) is 34.0 Å². The molecule has 0 aliphatic heterocycles. The van der Waals surface area contributed by atoms with Crippen LogP contribution in [0.15, 0.2) is 59.2 Å². The molecular weight excluding hydrogens is 352 g/mol. The van der Waals surface area contributed by atoms with Crippen molar-refractivity contribution in [3.63, 3.8) is 0 Å². The molecule has 0 saturated carbocycles. The van der Waals surface area contributed by atoms with E-state index in [-0.39, 0.29) is 11.9 Å². The lowest BCUT2D eigenvalue weighted by Gasteiger charge is -2.13. The quantitative estimate of drug-likeness (QED) is 0.751. The predicted molar refractivity (Wildman–Crippen MR) is 95.4 cm³/mol. The van der Waals surface area contributed by atoms with Crippen molar-refractivity contribution in [1.29, 1.82) is 0 Å². The number of hydrogen-bond acceptors (Lipinski definition) is 1. The first-order valence-corrected chi connectivity index (χ1v) is 8.59. The molecule has 4 heteroatoms. The first kappa shape index (κ1) is 14.5. The number of nitrogens with zero attached hydrogens (tertiary/aromatic N) is 1. The number of nitrogens with one attached hydrogen (secondary N) is 1. The smallest absolute Gasteiger partial charge is 0.240 e. The molecular formula is C19H17BrN2O. The van der Waals surface area contributed by atoms with Crippen LogP contribution in [-0.2, 0) is 24.2 Å². The van der Waals surface area contributed by atoms with Crippen molar-refractivity contribution in [3.8, 4) is 0 Å². The molecule has 4 rings (SSSR count). The van der Waals surface area contributed by atoms with E-state index in [4.69, 9.17) is 0 Å². The second-order valence-electron chi connectivity index (χ2n) is 6.06. The Morgan fingerprint density at radius 1 is 1.09 bits per heavy atom. The van der Waals surface area contributed by atoms with E-state index in [2.05, 4.69) is 45.5 Å². The number of fused-ring (bicyclic) bond motifs is 2. The number of benzene rings is 2. The fraction of sp³-hybridized carbons (Fsp3) is 0.211. The number of hydrogen-bond donors (Lipinski definition) is 1. The van der Waals surface area contributed by atoms with Crippen molar-refractivity contribution in [2.45, 2.75) is 25.4 Å². The highest BCUT2D eigenvalue weighted by Gasteiger charge is 2.22. The molecule has 0 atom stereocenters. The predicted octanol–water partition coefficient (Wildman–Crippen LogP) is 3.69. The van der Waals surface area contributed by atoms with Gasteiger partial charge in [-0.3, -0.25) is 4.79 Å². The third kappa shape index (κ3) is 2.79. The SMILES string of the molecule is O=C(Cn1ccc2c(Br)cccc21)NC1Cc2ccccc2C1. The highest BCUT2D eigenvalue weighted by Crippen LogP contribution is 2.25. The van der Waals surface area contributed by atoms with Crippen LogP contribution in [0.2, 0.25) is 0 Å². The molecule has 0 fully saturated rings. The second-order valence-corrected chi connectivity index (χ2v) is 6.91. The van der Waals surface area contributed by atoms with E-state index in [0.29, 0.717) is 6.54 Å². The average Bonchev–Trinajstić information content (AvgIpc) is 3.12. The van der Waals surface area contributed by atoms with Gasteiger partial charge in [0.25, 0.3) is 0 Å². The summed E-state index contributed by atoms with van der Waals surface area (Å²) in [6.45, 7) is 0.354. The van der Waals surface area contributed by atoms with E-state index in [1.54, 1.807) is 0 Å². The van der Waals surface area contributed by atoms with Crippen molar-refractivity contribution in [2.75, 3.05) is 0 Å². The standard InChI is InChI=1S/C19H17BrN2O/c20-17-6-3-7-18-16(17)8-9-22(18)12-19(23)21-15-10-13-4-1-2-5-14(13)11-15/h1-9,15H,10-12H2,(H,21,23). The summed E-state index contributed by atoms with van der Waals surface area (Å²) in [4.78, 5) is 12.4. The minimum Gasteiger partial charge on any atom is -0.351 e. The number of carbonyl (C=O) groups excluding carboxylic acids is 1. The normalized spacial score (nSPS) is 14.1. The molecule has 1 aliphatic rings. The molecule has 1 heterocycles. The van der Waals surface area contributed by atoms with Crippen LogP contribution < -0.4 is 5.32 Å². The Balaban J connectivity index is 1.45. The number of amides is 1. The van der Waals surface area contributed by atoms with Crippen LogP contribution in [0, 0.1) is 0 Å². The molecule has 3 nitrogen and oxygen atoms in total. The maximum atomic E-state index is 12.4. The van der Waals surface area contributed by atoms with E-state index in [0.717, 1.165) is 28.2 Å². The highest BCUT2D eigenvalue weighted by atomic mass is 79.9. The average molecular weight is 369 g/mol. The number of rotatable bonds is 3. The van der Waals surface area contributed by atoms with Gasteiger partial charge in [0.2, 0.25) is 5.91 Å². The van der Waals surface area contributed by atoms with Gasteiger partial charge in [-0.2, -0.15) is 0 Å². The van der Waals surface area contributed by atoms with Gasteiger partial charge in [-0.25, -0.2) is 0 Å². The Kier molecular flexibility index (Phi) is 3.69. The highest BCUT2D eigenvalue weighted by molar-refractivity contribution is 9.10. The van der Waals surface area contributed by atoms with Crippen LogP contribution in [-0.4, -0.2) is 16.5 Å². The fourth-order valence-electron chi connectivity index (χ4n) is 3.41. The fourth-order valence-corrected chi connectivity index (χ4v) is 3.90. The minimum atomic E-state index is 0.0697. The van der Waals surface area contributed by atoms with Crippen LogP contribution in [0.25, 0.3) is 10.9 Å². The molecule has 116 valence electrons. The van der Waals surface area contributed by atoms with Gasteiger partial charge in [0, 0.05) is 27.6 Å². The maximum absolute atomic E-state index is 12.4. The van der Waals surface area contributed by atoms with E-state index in [1.807, 2.05) is 35.0 Å². The van der Waals surface area contributed by atoms with Gasteiger partial charge in [-0.1, -0.05) is 46.3 Å². The van der Waals surface area contributed by atoms with E-state index in [9.17, 15) is 4.79 Å². The zero-order chi connectivity index (χ0) is 15.8. The van der Waals surface area contributed by atoms with E-state index < -0.39 is 0 Å². The summed E-state index contributed by atoms with van der Waals surface area (Å²) in [6.07, 6.45) is 3.83. The van der Waals surface area contributed by atoms with Gasteiger partial charge in [-0.15, -0.1) is 0 Å². The largest absolute Gasteiger partial charge is 0.351 e. The Labute approximate surface area is 143 Å². The molecule has 1 amide bonds. The van der Waals surface area contributed by atoms with Crippen LogP contribution >= 0.6 is 15.9 Å². The summed E-state index contributed by atoms with van der Waals surface area (Å²) in [5.41, 5.74) is 3.78. The van der Waals surface area contributed by atoms with Gasteiger partial charge in [-0.05, 0) is 42.2 Å². The van der Waals surface area contributed by atoms with Crippen LogP contribution in [0.1, 0.15) is 11.1 Å². The molecule has 0 unspecified atom stereocenters. The molecule has 0 saturated heterocycles. The molecule has 0 radical (unpaired) electrons. The summed E-state index contributed by atoms with van der Waals surface area (Å²) in [5.74, 6) is 0.0697. The lowest BCUT2D eigenvalue weighted by Crippen LogP contribution is -2.37. The number of carbonyl (C=O) groups is 1. The molecule has 1 aromatic heterocycles. The molecule has 23 heavy (non-hydrogen) atoms. The molecule has 0 spiro atoms. The van der Waals surface area contributed by atoms with Gasteiger partial charge < -0.3 is 9.88 Å². The van der Waals surface area contributed by atoms with Gasteiger partial charge in [0.05, 0.1) is 0 Å². The zero-order valence-corrected chi connectivity index (χ0v) is 14.2. The summed E-state index contributed by atoms with van der Waals surface area (Å²) in [5, 5.41) is 4.30. The van der Waals surface area contributed by atoms with Crippen LogP contribution in [0.3, 0.4) is 0 Å². The van der Waals surface area contributed by atoms with Crippen LogP contribution in [0.5, 0.6) is 0 Å². The summed E-state index contributed by atoms with van der Waals surface area (Å²) in [6, 6.07) is 16.7. The molecule has 0 bridgehead atoms. The van der Waals surface area contributed by atoms with Crippen molar-refractivity contribution in [1.82, 2.24) is 9.88 Å². The third-order valence-electron chi connectivity index (χ3n) is 4.49. The van der Waals surface area contributed by atoms with Crippen molar-refractivity contribution < 1.29 is 4.79 Å². The molecule has 1 N–H and O–H groups in total. The van der Waals surface area contributed by atoms with Crippen molar-refractivity contribution in [2.24, 2.45) is 0 Å². The molecule has 2 aromatic carbocycles. The maximum Gasteiger partial charge on any atom is 0.240 e. The summed E-state index contributed by atoms with van der Waals surface area (Å²) in [7, 11) is 0. The van der Waals surface area contributed by atoms with Gasteiger partial charge in [0.15, 0.2) is 0 Å². The summed E-state index contributed by atoms with van der Waals surface area (Å²) < 4.78 is 3.05. The Morgan fingerprint density at radius 3 is 2.57 bits per heavy atom. The minimum absolute atomic E-state index is 0.0697. The Bertz CT molecular complexity index is 859. The van der Waals surface area contributed by atoms with Crippen LogP contribution in [0.4, 0.5) is 0 Å². The van der Waals surface area contributed by atoms with E-state index in [1.165, 1.54) is 11.1 Å².